The van der Waals surface area contributed by atoms with Crippen molar-refractivity contribution in [2.75, 3.05) is 12.4 Å². The SMILES string of the molecule is COc1ccc(C(=O)Nc2ccc(Cl)cc2C(=O)c2ccccc2)cc1COc1ccc(C)c(C)c1. The normalized spacial score (nSPS) is 10.6. The van der Waals surface area contributed by atoms with Crippen LogP contribution < -0.4 is 14.8 Å². The quantitative estimate of drug-likeness (QED) is 0.264. The highest BCUT2D eigenvalue weighted by atomic mass is 35.5. The van der Waals surface area contributed by atoms with Crippen molar-refractivity contribution in [1.82, 2.24) is 0 Å². The van der Waals surface area contributed by atoms with Crippen LogP contribution in [0, 0.1) is 13.8 Å². The van der Waals surface area contributed by atoms with Crippen molar-refractivity contribution in [3.63, 3.8) is 0 Å². The smallest absolute Gasteiger partial charge is 0.255 e. The molecule has 0 heterocycles. The lowest BCUT2D eigenvalue weighted by molar-refractivity contribution is 0.102. The highest BCUT2D eigenvalue weighted by Crippen LogP contribution is 2.27. The Hall–Kier alpha value is -4.09. The van der Waals surface area contributed by atoms with Crippen LogP contribution in [0.1, 0.15) is 43.0 Å². The molecule has 0 fully saturated rings. The summed E-state index contributed by atoms with van der Waals surface area (Å²) in [5.41, 5.74) is 4.64. The molecular formula is C30H26ClNO4. The van der Waals surface area contributed by atoms with Crippen molar-refractivity contribution in [2.24, 2.45) is 0 Å². The maximum atomic E-state index is 13.2. The Bertz CT molecular complexity index is 1420. The minimum Gasteiger partial charge on any atom is -0.496 e. The van der Waals surface area contributed by atoms with E-state index < -0.39 is 0 Å². The van der Waals surface area contributed by atoms with Gasteiger partial charge < -0.3 is 14.8 Å². The summed E-state index contributed by atoms with van der Waals surface area (Å²) in [6.45, 7) is 4.30. The lowest BCUT2D eigenvalue weighted by Gasteiger charge is -2.14. The number of rotatable bonds is 8. The molecule has 0 aliphatic heterocycles. The predicted molar refractivity (Wildman–Crippen MR) is 143 cm³/mol. The van der Waals surface area contributed by atoms with Gasteiger partial charge in [-0.25, -0.2) is 0 Å². The number of nitrogens with one attached hydrogen (secondary N) is 1. The number of benzene rings is 4. The fourth-order valence-electron chi connectivity index (χ4n) is 3.75. The van der Waals surface area contributed by atoms with Gasteiger partial charge in [-0.3, -0.25) is 9.59 Å². The van der Waals surface area contributed by atoms with Crippen LogP contribution in [0.5, 0.6) is 11.5 Å². The van der Waals surface area contributed by atoms with Crippen LogP contribution in [0.3, 0.4) is 0 Å². The number of hydrogen-bond donors (Lipinski definition) is 1. The molecule has 4 aromatic rings. The zero-order chi connectivity index (χ0) is 25.7. The second kappa shape index (κ2) is 11.1. The molecule has 0 saturated heterocycles. The first-order valence-corrected chi connectivity index (χ1v) is 11.8. The molecule has 6 heteroatoms. The number of anilines is 1. The Kier molecular flexibility index (Phi) is 7.71. The molecule has 0 spiro atoms. The van der Waals surface area contributed by atoms with Gasteiger partial charge in [0.25, 0.3) is 5.91 Å². The van der Waals surface area contributed by atoms with E-state index in [0.717, 1.165) is 16.9 Å². The standard InChI is InChI=1S/C30H26ClNO4/c1-19-9-12-25(15-20(19)2)36-18-23-16-22(10-14-28(23)35-3)30(34)32-27-13-11-24(31)17-26(27)29(33)21-7-5-4-6-8-21/h4-17H,18H2,1-3H3,(H,32,34). The molecule has 1 amide bonds. The number of carbonyl (C=O) groups is 2. The Morgan fingerprint density at radius 2 is 1.61 bits per heavy atom. The number of amides is 1. The van der Waals surface area contributed by atoms with Crippen molar-refractivity contribution in [2.45, 2.75) is 20.5 Å². The van der Waals surface area contributed by atoms with Crippen molar-refractivity contribution in [3.05, 3.63) is 123 Å². The van der Waals surface area contributed by atoms with Gasteiger partial charge in [-0.2, -0.15) is 0 Å². The molecule has 0 atom stereocenters. The Morgan fingerprint density at radius 1 is 0.833 bits per heavy atom. The summed E-state index contributed by atoms with van der Waals surface area (Å²) in [4.78, 5) is 26.3. The number of hydrogen-bond acceptors (Lipinski definition) is 4. The van der Waals surface area contributed by atoms with Crippen molar-refractivity contribution in [1.29, 1.82) is 0 Å². The van der Waals surface area contributed by atoms with E-state index in [1.54, 1.807) is 67.8 Å². The summed E-state index contributed by atoms with van der Waals surface area (Å²) < 4.78 is 11.4. The summed E-state index contributed by atoms with van der Waals surface area (Å²) in [6.07, 6.45) is 0. The number of ketones is 1. The first-order chi connectivity index (χ1) is 17.4. The summed E-state index contributed by atoms with van der Waals surface area (Å²) >= 11 is 6.17. The minimum absolute atomic E-state index is 0.228. The molecule has 0 bridgehead atoms. The molecule has 0 saturated carbocycles. The van der Waals surface area contributed by atoms with Crippen LogP contribution in [0.2, 0.25) is 5.02 Å². The molecule has 36 heavy (non-hydrogen) atoms. The molecule has 5 nitrogen and oxygen atoms in total. The molecule has 4 rings (SSSR count). The van der Waals surface area contributed by atoms with Crippen molar-refractivity contribution >= 4 is 29.0 Å². The molecule has 1 N–H and O–H groups in total. The van der Waals surface area contributed by atoms with Crippen molar-refractivity contribution in [3.8, 4) is 11.5 Å². The number of aryl methyl sites for hydroxylation is 2. The highest BCUT2D eigenvalue weighted by Gasteiger charge is 2.18. The van der Waals surface area contributed by atoms with E-state index >= 15 is 0 Å². The number of methoxy groups -OCH3 is 1. The molecule has 0 radical (unpaired) electrons. The van der Waals surface area contributed by atoms with Gasteiger partial charge in [0.05, 0.1) is 12.8 Å². The topological polar surface area (TPSA) is 64.6 Å². The highest BCUT2D eigenvalue weighted by molar-refractivity contribution is 6.31. The summed E-state index contributed by atoms with van der Waals surface area (Å²) in [7, 11) is 1.57. The third-order valence-electron chi connectivity index (χ3n) is 5.93. The monoisotopic (exact) mass is 499 g/mol. The number of halogens is 1. The number of ether oxygens (including phenoxy) is 2. The predicted octanol–water partition coefficient (Wildman–Crippen LogP) is 7.03. The van der Waals surface area contributed by atoms with Gasteiger partial charge in [-0.1, -0.05) is 48.0 Å². The minimum atomic E-state index is -0.366. The largest absolute Gasteiger partial charge is 0.496 e. The number of carbonyl (C=O) groups excluding carboxylic acids is 2. The zero-order valence-electron chi connectivity index (χ0n) is 20.3. The summed E-state index contributed by atoms with van der Waals surface area (Å²) in [6, 6.07) is 24.7. The molecular weight excluding hydrogens is 474 g/mol. The summed E-state index contributed by atoms with van der Waals surface area (Å²) in [5, 5.41) is 3.26. The van der Waals surface area contributed by atoms with Crippen LogP contribution >= 0.6 is 11.6 Å². The first-order valence-electron chi connectivity index (χ1n) is 11.4. The third-order valence-corrected chi connectivity index (χ3v) is 6.16. The summed E-state index contributed by atoms with van der Waals surface area (Å²) in [5.74, 6) is 0.752. The lowest BCUT2D eigenvalue weighted by atomic mass is 10.0. The molecule has 0 aliphatic rings. The Labute approximate surface area is 215 Å². The van der Waals surface area contributed by atoms with Crippen LogP contribution in [0.4, 0.5) is 5.69 Å². The van der Waals surface area contributed by atoms with Gasteiger partial charge in [0.1, 0.15) is 18.1 Å². The molecule has 4 aromatic carbocycles. The van der Waals surface area contributed by atoms with Crippen LogP contribution in [-0.4, -0.2) is 18.8 Å². The lowest BCUT2D eigenvalue weighted by Crippen LogP contribution is -2.16. The molecule has 0 aromatic heterocycles. The van der Waals surface area contributed by atoms with Gasteiger partial charge in [0, 0.05) is 27.3 Å². The van der Waals surface area contributed by atoms with Gasteiger partial charge in [-0.05, 0) is 73.5 Å². The van der Waals surface area contributed by atoms with E-state index in [2.05, 4.69) is 5.32 Å². The van der Waals surface area contributed by atoms with Gasteiger partial charge >= 0.3 is 0 Å². The maximum absolute atomic E-state index is 13.2. The van der Waals surface area contributed by atoms with E-state index in [9.17, 15) is 9.59 Å². The molecule has 182 valence electrons. The Balaban J connectivity index is 1.57. The zero-order valence-corrected chi connectivity index (χ0v) is 21.1. The second-order valence-electron chi connectivity index (χ2n) is 8.40. The average molecular weight is 500 g/mol. The third kappa shape index (κ3) is 5.75. The van der Waals surface area contributed by atoms with Crippen molar-refractivity contribution < 1.29 is 19.1 Å². The maximum Gasteiger partial charge on any atom is 0.255 e. The van der Waals surface area contributed by atoms with E-state index in [1.165, 1.54) is 5.56 Å². The van der Waals surface area contributed by atoms with Crippen LogP contribution in [-0.2, 0) is 6.61 Å². The first kappa shape index (κ1) is 25.0. The van der Waals surface area contributed by atoms with Gasteiger partial charge in [0.15, 0.2) is 5.78 Å². The van der Waals surface area contributed by atoms with Gasteiger partial charge in [-0.15, -0.1) is 0 Å². The molecule has 0 aliphatic carbocycles. The Morgan fingerprint density at radius 3 is 2.33 bits per heavy atom. The van der Waals surface area contributed by atoms with E-state index in [1.807, 2.05) is 38.1 Å². The van der Waals surface area contributed by atoms with E-state index in [0.29, 0.717) is 33.1 Å². The van der Waals surface area contributed by atoms with Crippen LogP contribution in [0.25, 0.3) is 0 Å². The second-order valence-corrected chi connectivity index (χ2v) is 8.84. The molecule has 0 unspecified atom stereocenters. The van der Waals surface area contributed by atoms with Crippen LogP contribution in [0.15, 0.2) is 84.9 Å². The van der Waals surface area contributed by atoms with E-state index in [-0.39, 0.29) is 18.3 Å². The fraction of sp³-hybridized carbons (Fsp3) is 0.133. The van der Waals surface area contributed by atoms with E-state index in [4.69, 9.17) is 21.1 Å². The average Bonchev–Trinajstić information content (AvgIpc) is 2.90. The van der Waals surface area contributed by atoms with Gasteiger partial charge in [0.2, 0.25) is 0 Å². The fourth-order valence-corrected chi connectivity index (χ4v) is 3.92.